The zero-order valence-corrected chi connectivity index (χ0v) is 19.4. The van der Waals surface area contributed by atoms with E-state index < -0.39 is 0 Å². The van der Waals surface area contributed by atoms with Gasteiger partial charge in [0.05, 0.1) is 26.8 Å². The zero-order valence-electron chi connectivity index (χ0n) is 19.4. The van der Waals surface area contributed by atoms with Crippen LogP contribution in [0.4, 0.5) is 0 Å². The number of ether oxygens (including phenoxy) is 3. The van der Waals surface area contributed by atoms with Crippen LogP contribution in [0, 0.1) is 5.92 Å². The van der Waals surface area contributed by atoms with Crippen molar-refractivity contribution in [1.29, 1.82) is 0 Å². The number of carbonyl (C=O) groups is 2. The SMILES string of the molecule is COc1cc2cc(C(=O)N3CCCC4CC45C3=CC(=O)c3ccccc35)[nH]c2c(OC)c1OC. The number of nitrogens with zero attached hydrogens (tertiary/aromatic N) is 1. The third kappa shape index (κ3) is 2.70. The molecule has 7 nitrogen and oxygen atoms in total. The second-order valence-electron chi connectivity index (χ2n) is 9.20. The second-order valence-corrected chi connectivity index (χ2v) is 9.20. The number of hydrogen-bond acceptors (Lipinski definition) is 5. The van der Waals surface area contributed by atoms with Crippen LogP contribution in [-0.4, -0.2) is 49.4 Å². The van der Waals surface area contributed by atoms with E-state index in [4.69, 9.17) is 14.2 Å². The van der Waals surface area contributed by atoms with E-state index in [9.17, 15) is 9.59 Å². The van der Waals surface area contributed by atoms with E-state index >= 15 is 0 Å². The minimum absolute atomic E-state index is 0.0330. The predicted molar refractivity (Wildman–Crippen MR) is 127 cm³/mol. The van der Waals surface area contributed by atoms with Crippen LogP contribution < -0.4 is 14.2 Å². The van der Waals surface area contributed by atoms with Gasteiger partial charge >= 0.3 is 0 Å². The van der Waals surface area contributed by atoms with E-state index in [1.54, 1.807) is 27.4 Å². The number of nitrogens with one attached hydrogen (secondary N) is 1. The van der Waals surface area contributed by atoms with Gasteiger partial charge in [-0.25, -0.2) is 0 Å². The number of methoxy groups -OCH3 is 3. The molecule has 2 unspecified atom stereocenters. The molecular weight excluding hydrogens is 432 g/mol. The Morgan fingerprint density at radius 1 is 1.09 bits per heavy atom. The van der Waals surface area contributed by atoms with Crippen LogP contribution in [0.3, 0.4) is 0 Å². The molecule has 7 heteroatoms. The summed E-state index contributed by atoms with van der Waals surface area (Å²) in [5.74, 6) is 1.74. The third-order valence-corrected chi connectivity index (χ3v) is 7.62. The molecule has 2 aromatic carbocycles. The smallest absolute Gasteiger partial charge is 0.274 e. The molecular formula is C27H26N2O5. The molecule has 1 saturated carbocycles. The lowest BCUT2D eigenvalue weighted by molar-refractivity contribution is 0.0790. The maximum atomic E-state index is 13.9. The summed E-state index contributed by atoms with van der Waals surface area (Å²) in [7, 11) is 4.67. The van der Waals surface area contributed by atoms with Gasteiger partial charge in [-0.3, -0.25) is 9.59 Å². The number of benzene rings is 2. The van der Waals surface area contributed by atoms with Gasteiger partial charge in [0.25, 0.3) is 5.91 Å². The van der Waals surface area contributed by atoms with E-state index in [1.807, 2.05) is 35.2 Å². The number of amides is 1. The van der Waals surface area contributed by atoms with E-state index in [-0.39, 0.29) is 17.1 Å². The zero-order chi connectivity index (χ0) is 23.6. The molecule has 2 heterocycles. The van der Waals surface area contributed by atoms with Gasteiger partial charge in [0.2, 0.25) is 5.75 Å². The molecule has 34 heavy (non-hydrogen) atoms. The first-order valence-corrected chi connectivity index (χ1v) is 11.5. The first-order valence-electron chi connectivity index (χ1n) is 11.5. The van der Waals surface area contributed by atoms with Crippen LogP contribution in [-0.2, 0) is 5.41 Å². The highest BCUT2D eigenvalue weighted by Gasteiger charge is 2.62. The maximum absolute atomic E-state index is 13.9. The lowest BCUT2D eigenvalue weighted by atomic mass is 9.79. The van der Waals surface area contributed by atoms with Crippen LogP contribution in [0.1, 0.15) is 45.7 Å². The normalized spacial score (nSPS) is 22.8. The van der Waals surface area contributed by atoms with Crippen molar-refractivity contribution in [3.05, 3.63) is 65.0 Å². The van der Waals surface area contributed by atoms with Crippen LogP contribution in [0.25, 0.3) is 10.9 Å². The van der Waals surface area contributed by atoms with Crippen LogP contribution in [0.5, 0.6) is 17.2 Å². The molecule has 1 spiro atoms. The average molecular weight is 459 g/mol. The van der Waals surface area contributed by atoms with Crippen LogP contribution in [0.2, 0.25) is 0 Å². The Labute approximate surface area is 197 Å². The van der Waals surface area contributed by atoms with Gasteiger partial charge in [0, 0.05) is 34.7 Å². The monoisotopic (exact) mass is 458 g/mol. The van der Waals surface area contributed by atoms with Crippen molar-refractivity contribution in [2.24, 2.45) is 5.92 Å². The highest BCUT2D eigenvalue weighted by Crippen LogP contribution is 2.65. The highest BCUT2D eigenvalue weighted by atomic mass is 16.5. The summed E-state index contributed by atoms with van der Waals surface area (Å²) in [5.41, 5.74) is 3.52. The minimum atomic E-state index is -0.243. The van der Waals surface area contributed by atoms with E-state index in [0.717, 1.165) is 41.5 Å². The summed E-state index contributed by atoms with van der Waals surface area (Å²) < 4.78 is 16.5. The second kappa shape index (κ2) is 7.38. The summed E-state index contributed by atoms with van der Waals surface area (Å²) in [4.78, 5) is 32.0. The summed E-state index contributed by atoms with van der Waals surface area (Å²) in [6.07, 6.45) is 4.61. The lowest BCUT2D eigenvalue weighted by Gasteiger charge is -2.33. The van der Waals surface area contributed by atoms with Crippen molar-refractivity contribution in [3.8, 4) is 17.2 Å². The Balaban J connectivity index is 1.46. The summed E-state index contributed by atoms with van der Waals surface area (Å²) in [6.45, 7) is 0.581. The van der Waals surface area contributed by atoms with Crippen molar-refractivity contribution in [3.63, 3.8) is 0 Å². The number of aromatic nitrogens is 1. The number of ketones is 1. The van der Waals surface area contributed by atoms with Gasteiger partial charge < -0.3 is 24.1 Å². The van der Waals surface area contributed by atoms with Gasteiger partial charge in [-0.1, -0.05) is 24.3 Å². The molecule has 1 N–H and O–H groups in total. The molecule has 3 aromatic rings. The number of H-pyrrole nitrogens is 1. The van der Waals surface area contributed by atoms with E-state index in [2.05, 4.69) is 11.1 Å². The van der Waals surface area contributed by atoms with Crippen LogP contribution >= 0.6 is 0 Å². The Morgan fingerprint density at radius 2 is 1.88 bits per heavy atom. The topological polar surface area (TPSA) is 80.9 Å². The van der Waals surface area contributed by atoms with E-state index in [1.165, 1.54) is 0 Å². The fourth-order valence-electron chi connectivity index (χ4n) is 6.03. The first-order chi connectivity index (χ1) is 16.5. The number of allylic oxidation sites excluding steroid dienone is 2. The number of rotatable bonds is 4. The lowest BCUT2D eigenvalue weighted by Crippen LogP contribution is -2.38. The molecule has 2 aliphatic carbocycles. The molecule has 1 saturated heterocycles. The van der Waals surface area contributed by atoms with Gasteiger partial charge in [0.15, 0.2) is 17.3 Å². The molecule has 0 radical (unpaired) electrons. The molecule has 1 aliphatic heterocycles. The quantitative estimate of drug-likeness (QED) is 0.624. The number of fused-ring (bicyclic) bond motifs is 2. The molecule has 2 atom stereocenters. The Hall–Kier alpha value is -3.74. The molecule has 1 aromatic heterocycles. The molecule has 2 fully saturated rings. The first kappa shape index (κ1) is 20.8. The predicted octanol–water partition coefficient (Wildman–Crippen LogP) is 4.47. The van der Waals surface area contributed by atoms with Crippen LogP contribution in [0.15, 0.2) is 48.2 Å². The molecule has 6 rings (SSSR count). The van der Waals surface area contributed by atoms with Gasteiger partial charge in [-0.2, -0.15) is 0 Å². The number of carbonyl (C=O) groups excluding carboxylic acids is 2. The Morgan fingerprint density at radius 3 is 2.65 bits per heavy atom. The summed E-state index contributed by atoms with van der Waals surface area (Å²) in [5, 5.41) is 0.783. The molecule has 174 valence electrons. The van der Waals surface area contributed by atoms with Crippen molar-refractivity contribution in [2.45, 2.75) is 24.7 Å². The van der Waals surface area contributed by atoms with Crippen molar-refractivity contribution < 1.29 is 23.8 Å². The maximum Gasteiger partial charge on any atom is 0.274 e. The van der Waals surface area contributed by atoms with Crippen molar-refractivity contribution >= 4 is 22.6 Å². The molecule has 0 bridgehead atoms. The minimum Gasteiger partial charge on any atom is -0.493 e. The van der Waals surface area contributed by atoms with Crippen molar-refractivity contribution in [2.75, 3.05) is 27.9 Å². The standard InChI is InChI=1S/C27H26N2O5/c1-32-21-12-15-11-19(28-23(15)25(34-3)24(21)33-2)26(31)29-10-6-7-16-14-27(16)18-9-5-4-8-17(18)20(30)13-22(27)29/h4-5,8-9,11-13,16,28H,6-7,10,14H2,1-3H3. The summed E-state index contributed by atoms with van der Waals surface area (Å²) in [6, 6.07) is 11.5. The number of aromatic amines is 1. The Kier molecular flexibility index (Phi) is 4.52. The third-order valence-electron chi connectivity index (χ3n) is 7.62. The molecule has 3 aliphatic rings. The fraction of sp³-hybridized carbons (Fsp3) is 0.333. The highest BCUT2D eigenvalue weighted by molar-refractivity contribution is 6.10. The van der Waals surface area contributed by atoms with Gasteiger partial charge in [-0.15, -0.1) is 0 Å². The average Bonchev–Trinajstić information content (AvgIpc) is 3.45. The van der Waals surface area contributed by atoms with Crippen molar-refractivity contribution in [1.82, 2.24) is 9.88 Å². The summed E-state index contributed by atoms with van der Waals surface area (Å²) >= 11 is 0. The fourth-order valence-corrected chi connectivity index (χ4v) is 6.03. The van der Waals surface area contributed by atoms with Gasteiger partial charge in [-0.05, 0) is 42.9 Å². The van der Waals surface area contributed by atoms with E-state index in [0.29, 0.717) is 40.9 Å². The number of hydrogen-bond donors (Lipinski definition) is 1. The number of likely N-dealkylation sites (tertiary alicyclic amines) is 1. The molecule has 1 amide bonds. The Bertz CT molecular complexity index is 1390. The largest absolute Gasteiger partial charge is 0.493 e. The van der Waals surface area contributed by atoms with Gasteiger partial charge in [0.1, 0.15) is 5.69 Å².